The molecule has 0 bridgehead atoms. The molecule has 33 heavy (non-hydrogen) atoms. The van der Waals surface area contributed by atoms with Crippen molar-refractivity contribution in [1.82, 2.24) is 5.32 Å². The molecular formula is C24H22ClN3O4S. The topological polar surface area (TPSA) is 95.6 Å². The molecule has 2 amide bonds. The number of hydrogen-bond donors (Lipinski definition) is 2. The summed E-state index contributed by atoms with van der Waals surface area (Å²) in [5, 5.41) is 3.32. The van der Waals surface area contributed by atoms with Gasteiger partial charge in [-0.05, 0) is 72.6 Å². The van der Waals surface area contributed by atoms with Gasteiger partial charge in [0.25, 0.3) is 15.9 Å². The normalized spacial score (nSPS) is 13.7. The van der Waals surface area contributed by atoms with Gasteiger partial charge >= 0.3 is 0 Å². The molecule has 3 aromatic rings. The van der Waals surface area contributed by atoms with E-state index in [1.807, 2.05) is 24.3 Å². The van der Waals surface area contributed by atoms with Gasteiger partial charge in [0.1, 0.15) is 0 Å². The van der Waals surface area contributed by atoms with Crippen LogP contribution in [0.1, 0.15) is 28.8 Å². The summed E-state index contributed by atoms with van der Waals surface area (Å²) in [6.07, 6.45) is 1.45. The van der Waals surface area contributed by atoms with E-state index >= 15 is 0 Å². The van der Waals surface area contributed by atoms with Crippen LogP contribution in [-0.4, -0.2) is 26.8 Å². The van der Waals surface area contributed by atoms with E-state index < -0.39 is 10.0 Å². The average Bonchev–Trinajstić information content (AvgIpc) is 3.25. The molecule has 0 unspecified atom stereocenters. The fourth-order valence-electron chi connectivity index (χ4n) is 3.52. The summed E-state index contributed by atoms with van der Waals surface area (Å²) in [5.41, 5.74) is 2.49. The highest BCUT2D eigenvalue weighted by atomic mass is 35.5. The Balaban J connectivity index is 1.35. The van der Waals surface area contributed by atoms with E-state index in [1.54, 1.807) is 29.2 Å². The summed E-state index contributed by atoms with van der Waals surface area (Å²) in [7, 11) is -3.79. The fourth-order valence-corrected chi connectivity index (χ4v) is 4.70. The third kappa shape index (κ3) is 5.53. The summed E-state index contributed by atoms with van der Waals surface area (Å²) < 4.78 is 27.6. The lowest BCUT2D eigenvalue weighted by molar-refractivity contribution is -0.117. The molecule has 1 aliphatic heterocycles. The van der Waals surface area contributed by atoms with Crippen molar-refractivity contribution in [3.05, 3.63) is 88.9 Å². The van der Waals surface area contributed by atoms with Gasteiger partial charge < -0.3 is 10.2 Å². The molecule has 3 aromatic carbocycles. The number of sulfonamides is 1. The second-order valence-electron chi connectivity index (χ2n) is 7.63. The molecule has 170 valence electrons. The van der Waals surface area contributed by atoms with Gasteiger partial charge in [0, 0.05) is 41.5 Å². The van der Waals surface area contributed by atoms with Crippen molar-refractivity contribution in [3.8, 4) is 0 Å². The van der Waals surface area contributed by atoms with Crippen LogP contribution < -0.4 is 14.9 Å². The van der Waals surface area contributed by atoms with Crippen LogP contribution in [0.15, 0.2) is 77.7 Å². The summed E-state index contributed by atoms with van der Waals surface area (Å²) in [5.74, 6) is -0.187. The van der Waals surface area contributed by atoms with E-state index in [2.05, 4.69) is 10.0 Å². The number of benzene rings is 3. The Morgan fingerprint density at radius 1 is 0.939 bits per heavy atom. The average molecular weight is 484 g/mol. The number of hydrogen-bond acceptors (Lipinski definition) is 4. The van der Waals surface area contributed by atoms with Crippen LogP contribution in [0.3, 0.4) is 0 Å². The molecule has 0 radical (unpaired) electrons. The Hall–Kier alpha value is -3.36. The number of halogens is 1. The summed E-state index contributed by atoms with van der Waals surface area (Å²) in [6, 6.07) is 19.5. The standard InChI is InChI=1S/C24H22ClN3O4S/c25-19-7-9-20(10-8-19)27-33(31,32)22-13-5-18(6-14-22)24(30)26-16-17-3-11-21(12-4-17)28-15-1-2-23(28)29/h3-14,27H,1-2,15-16H2,(H,26,30). The minimum Gasteiger partial charge on any atom is -0.348 e. The zero-order valence-electron chi connectivity index (χ0n) is 17.6. The van der Waals surface area contributed by atoms with Gasteiger partial charge in [0.2, 0.25) is 5.91 Å². The molecule has 0 aliphatic carbocycles. The summed E-state index contributed by atoms with van der Waals surface area (Å²) >= 11 is 5.82. The molecule has 0 aromatic heterocycles. The number of carbonyl (C=O) groups excluding carboxylic acids is 2. The maximum Gasteiger partial charge on any atom is 0.261 e. The summed E-state index contributed by atoms with van der Waals surface area (Å²) in [4.78, 5) is 26.1. The van der Waals surface area contributed by atoms with E-state index in [1.165, 1.54) is 24.3 Å². The van der Waals surface area contributed by atoms with Gasteiger partial charge in [-0.2, -0.15) is 0 Å². The van der Waals surface area contributed by atoms with Gasteiger partial charge in [0.15, 0.2) is 0 Å². The first-order valence-corrected chi connectivity index (χ1v) is 12.2. The lowest BCUT2D eigenvalue weighted by Gasteiger charge is -2.16. The largest absolute Gasteiger partial charge is 0.348 e. The molecule has 1 aliphatic rings. The first-order valence-electron chi connectivity index (χ1n) is 10.4. The molecule has 7 nitrogen and oxygen atoms in total. The number of nitrogens with one attached hydrogen (secondary N) is 2. The monoisotopic (exact) mass is 483 g/mol. The van der Waals surface area contributed by atoms with Crippen LogP contribution in [0.5, 0.6) is 0 Å². The summed E-state index contributed by atoms with van der Waals surface area (Å²) in [6.45, 7) is 1.04. The zero-order valence-corrected chi connectivity index (χ0v) is 19.2. The third-order valence-electron chi connectivity index (χ3n) is 5.30. The molecule has 1 heterocycles. The van der Waals surface area contributed by atoms with Gasteiger partial charge in [-0.15, -0.1) is 0 Å². The Labute approximate surface area is 197 Å². The van der Waals surface area contributed by atoms with Crippen molar-refractivity contribution in [2.45, 2.75) is 24.3 Å². The maximum atomic E-state index is 12.6. The fraction of sp³-hybridized carbons (Fsp3) is 0.167. The second kappa shape index (κ2) is 9.64. The van der Waals surface area contributed by atoms with Crippen molar-refractivity contribution >= 4 is 44.8 Å². The predicted octanol–water partition coefficient (Wildman–Crippen LogP) is 4.20. The molecular weight excluding hydrogens is 462 g/mol. The van der Waals surface area contributed by atoms with E-state index in [0.717, 1.165) is 24.2 Å². The van der Waals surface area contributed by atoms with Gasteiger partial charge in [0.05, 0.1) is 4.90 Å². The van der Waals surface area contributed by atoms with Crippen molar-refractivity contribution in [2.24, 2.45) is 0 Å². The predicted molar refractivity (Wildman–Crippen MR) is 128 cm³/mol. The highest BCUT2D eigenvalue weighted by Gasteiger charge is 2.21. The van der Waals surface area contributed by atoms with Crippen molar-refractivity contribution in [1.29, 1.82) is 0 Å². The molecule has 0 atom stereocenters. The number of amides is 2. The van der Waals surface area contributed by atoms with Crippen LogP contribution in [0, 0.1) is 0 Å². The van der Waals surface area contributed by atoms with E-state index in [9.17, 15) is 18.0 Å². The van der Waals surface area contributed by atoms with Crippen LogP contribution in [0.2, 0.25) is 5.02 Å². The SMILES string of the molecule is O=C(NCc1ccc(N2CCCC2=O)cc1)c1ccc(S(=O)(=O)Nc2ccc(Cl)cc2)cc1. The number of rotatable bonds is 7. The van der Waals surface area contributed by atoms with E-state index in [4.69, 9.17) is 11.6 Å². The van der Waals surface area contributed by atoms with Gasteiger partial charge in [-0.25, -0.2) is 8.42 Å². The first kappa shape index (κ1) is 22.8. The highest BCUT2D eigenvalue weighted by molar-refractivity contribution is 7.92. The van der Waals surface area contributed by atoms with Crippen molar-refractivity contribution in [3.63, 3.8) is 0 Å². The molecule has 1 saturated heterocycles. The van der Waals surface area contributed by atoms with Crippen molar-refractivity contribution in [2.75, 3.05) is 16.2 Å². The maximum absolute atomic E-state index is 12.6. The molecule has 9 heteroatoms. The van der Waals surface area contributed by atoms with E-state index in [-0.39, 0.29) is 16.7 Å². The number of anilines is 2. The Bertz CT molecular complexity index is 1260. The smallest absolute Gasteiger partial charge is 0.261 e. The lowest BCUT2D eigenvalue weighted by Crippen LogP contribution is -2.24. The number of nitrogens with zero attached hydrogens (tertiary/aromatic N) is 1. The Morgan fingerprint density at radius 2 is 1.61 bits per heavy atom. The molecule has 1 fully saturated rings. The third-order valence-corrected chi connectivity index (χ3v) is 6.95. The molecule has 0 spiro atoms. The van der Waals surface area contributed by atoms with E-state index in [0.29, 0.717) is 29.2 Å². The minimum atomic E-state index is -3.79. The van der Waals surface area contributed by atoms with Crippen LogP contribution >= 0.6 is 11.6 Å². The quantitative estimate of drug-likeness (QED) is 0.526. The van der Waals surface area contributed by atoms with Gasteiger partial charge in [-0.3, -0.25) is 14.3 Å². The highest BCUT2D eigenvalue weighted by Crippen LogP contribution is 2.22. The second-order valence-corrected chi connectivity index (χ2v) is 9.75. The Morgan fingerprint density at radius 3 is 2.21 bits per heavy atom. The van der Waals surface area contributed by atoms with Crippen LogP contribution in [0.4, 0.5) is 11.4 Å². The number of carbonyl (C=O) groups is 2. The molecule has 0 saturated carbocycles. The first-order chi connectivity index (χ1) is 15.8. The molecule has 2 N–H and O–H groups in total. The molecule has 4 rings (SSSR count). The van der Waals surface area contributed by atoms with Crippen LogP contribution in [-0.2, 0) is 21.4 Å². The van der Waals surface area contributed by atoms with Gasteiger partial charge in [-0.1, -0.05) is 23.7 Å². The lowest BCUT2D eigenvalue weighted by atomic mass is 10.1. The van der Waals surface area contributed by atoms with Crippen molar-refractivity contribution < 1.29 is 18.0 Å². The Kier molecular flexibility index (Phi) is 6.67. The zero-order chi connectivity index (χ0) is 23.4. The van der Waals surface area contributed by atoms with Crippen LogP contribution in [0.25, 0.3) is 0 Å². The minimum absolute atomic E-state index is 0.0426.